The van der Waals surface area contributed by atoms with E-state index >= 15 is 0 Å². The second-order valence-corrected chi connectivity index (χ2v) is 7.86. The molecule has 1 aromatic rings. The number of hydrogen-bond acceptors (Lipinski definition) is 4. The lowest BCUT2D eigenvalue weighted by Crippen LogP contribution is -2.49. The molecule has 0 radical (unpaired) electrons. The van der Waals surface area contributed by atoms with Crippen LogP contribution in [0.2, 0.25) is 10.0 Å². The Morgan fingerprint density at radius 3 is 2.61 bits per heavy atom. The second kappa shape index (κ2) is 7.39. The van der Waals surface area contributed by atoms with E-state index in [-0.39, 0.29) is 18.1 Å². The summed E-state index contributed by atoms with van der Waals surface area (Å²) in [6.45, 7) is 7.09. The molecule has 1 aliphatic heterocycles. The zero-order valence-corrected chi connectivity index (χ0v) is 15.3. The third-order valence-corrected chi connectivity index (χ3v) is 4.61. The third-order valence-electron chi connectivity index (χ3n) is 3.87. The molecule has 0 saturated carbocycles. The molecular formula is C17H24Cl2N2O2. The molecule has 2 rings (SSSR count). The molecule has 0 unspecified atom stereocenters. The molecule has 4 nitrogen and oxygen atoms in total. The Balaban J connectivity index is 1.93. The summed E-state index contributed by atoms with van der Waals surface area (Å²) in [5.41, 5.74) is 6.85. The van der Waals surface area contributed by atoms with Gasteiger partial charge in [-0.25, -0.2) is 0 Å². The molecule has 1 aromatic carbocycles. The smallest absolute Gasteiger partial charge is 0.309 e. The number of nitrogens with zero attached hydrogens (tertiary/aromatic N) is 1. The molecule has 2 N–H and O–H groups in total. The fraction of sp³-hybridized carbons (Fsp3) is 0.588. The molecule has 1 aliphatic rings. The first-order valence-electron chi connectivity index (χ1n) is 7.82. The number of nitrogens with two attached hydrogens (primary N) is 1. The number of carbonyl (C=O) groups is 1. The topological polar surface area (TPSA) is 55.6 Å². The minimum Gasteiger partial charge on any atom is -0.460 e. The first-order valence-corrected chi connectivity index (χ1v) is 8.58. The van der Waals surface area contributed by atoms with Gasteiger partial charge in [-0.05, 0) is 51.3 Å². The van der Waals surface area contributed by atoms with Crippen LogP contribution >= 0.6 is 23.2 Å². The van der Waals surface area contributed by atoms with Crippen molar-refractivity contribution >= 4 is 29.2 Å². The van der Waals surface area contributed by atoms with Gasteiger partial charge in [-0.1, -0.05) is 29.3 Å². The highest BCUT2D eigenvalue weighted by molar-refractivity contribution is 6.42. The summed E-state index contributed by atoms with van der Waals surface area (Å²) in [6, 6.07) is 5.59. The Bertz CT molecular complexity index is 572. The molecule has 0 spiro atoms. The molecule has 128 valence electrons. The number of hydrogen-bond donors (Lipinski definition) is 1. The molecule has 6 heteroatoms. The van der Waals surface area contributed by atoms with E-state index in [1.807, 2.05) is 32.9 Å². The Morgan fingerprint density at radius 2 is 2.04 bits per heavy atom. The Morgan fingerprint density at radius 1 is 1.35 bits per heavy atom. The van der Waals surface area contributed by atoms with Crippen LogP contribution in [0.4, 0.5) is 0 Å². The number of carbonyl (C=O) groups excluding carboxylic acids is 1. The minimum atomic E-state index is -0.460. The number of piperidine rings is 1. The van der Waals surface area contributed by atoms with Gasteiger partial charge in [-0.15, -0.1) is 0 Å². The molecule has 1 heterocycles. The number of benzene rings is 1. The predicted molar refractivity (Wildman–Crippen MR) is 93.4 cm³/mol. The predicted octanol–water partition coefficient (Wildman–Crippen LogP) is 3.83. The van der Waals surface area contributed by atoms with Crippen LogP contribution in [-0.4, -0.2) is 29.2 Å². The fourth-order valence-corrected chi connectivity index (χ4v) is 3.03. The summed E-state index contributed by atoms with van der Waals surface area (Å²) in [4.78, 5) is 14.3. The highest BCUT2D eigenvalue weighted by atomic mass is 35.5. The minimum absolute atomic E-state index is 0.130. The number of likely N-dealkylation sites (tertiary alicyclic amines) is 1. The largest absolute Gasteiger partial charge is 0.460 e. The summed E-state index contributed by atoms with van der Waals surface area (Å²) < 4.78 is 5.46. The van der Waals surface area contributed by atoms with E-state index in [4.69, 9.17) is 33.7 Å². The monoisotopic (exact) mass is 358 g/mol. The van der Waals surface area contributed by atoms with Gasteiger partial charge in [-0.3, -0.25) is 9.69 Å². The number of rotatable bonds is 3. The van der Waals surface area contributed by atoms with Crippen LogP contribution in [0, 0.1) is 5.92 Å². The van der Waals surface area contributed by atoms with Crippen molar-refractivity contribution in [3.8, 4) is 0 Å². The van der Waals surface area contributed by atoms with Crippen LogP contribution in [0.5, 0.6) is 0 Å². The highest BCUT2D eigenvalue weighted by Gasteiger charge is 2.33. The van der Waals surface area contributed by atoms with Gasteiger partial charge in [0.15, 0.2) is 0 Å². The average molecular weight is 359 g/mol. The lowest BCUT2D eigenvalue weighted by atomic mass is 9.94. The summed E-state index contributed by atoms with van der Waals surface area (Å²) >= 11 is 12.0. The van der Waals surface area contributed by atoms with Crippen molar-refractivity contribution in [3.05, 3.63) is 33.8 Å². The van der Waals surface area contributed by atoms with Crippen LogP contribution in [-0.2, 0) is 16.1 Å². The van der Waals surface area contributed by atoms with Crippen molar-refractivity contribution in [1.29, 1.82) is 0 Å². The van der Waals surface area contributed by atoms with E-state index in [2.05, 4.69) is 4.90 Å². The molecule has 0 amide bonds. The third kappa shape index (κ3) is 5.35. The van der Waals surface area contributed by atoms with E-state index in [1.54, 1.807) is 6.07 Å². The summed E-state index contributed by atoms with van der Waals surface area (Å²) in [5, 5.41) is 1.09. The molecule has 1 saturated heterocycles. The Labute approximate surface area is 147 Å². The quantitative estimate of drug-likeness (QED) is 0.834. The van der Waals surface area contributed by atoms with E-state index < -0.39 is 5.60 Å². The average Bonchev–Trinajstić information content (AvgIpc) is 2.43. The van der Waals surface area contributed by atoms with Gasteiger partial charge in [0.1, 0.15) is 5.60 Å². The molecule has 0 bridgehead atoms. The van der Waals surface area contributed by atoms with Crippen molar-refractivity contribution in [1.82, 2.24) is 4.90 Å². The van der Waals surface area contributed by atoms with Gasteiger partial charge in [0.05, 0.1) is 22.1 Å². The number of esters is 1. The van der Waals surface area contributed by atoms with Crippen molar-refractivity contribution in [2.24, 2.45) is 11.7 Å². The zero-order chi connectivity index (χ0) is 17.2. The standard InChI is InChI=1S/C17H24Cl2N2O2/c1-17(2,3)23-16(22)12-6-7-21(15(20)9-12)10-11-4-5-13(18)14(19)8-11/h4-5,8,12,15H,6-7,9-10,20H2,1-3H3/t12-,15-/m0/s1. The normalized spacial score (nSPS) is 22.9. The fourth-order valence-electron chi connectivity index (χ4n) is 2.71. The SMILES string of the molecule is CC(C)(C)OC(=O)[C@H]1CCN(Cc2ccc(Cl)c(Cl)c2)[C@H](N)C1. The molecule has 2 atom stereocenters. The van der Waals surface area contributed by atoms with Crippen molar-refractivity contribution in [3.63, 3.8) is 0 Å². The van der Waals surface area contributed by atoms with Gasteiger partial charge in [-0.2, -0.15) is 0 Å². The van der Waals surface area contributed by atoms with Crippen molar-refractivity contribution < 1.29 is 9.53 Å². The van der Waals surface area contributed by atoms with E-state index in [0.717, 1.165) is 18.5 Å². The molecule has 23 heavy (non-hydrogen) atoms. The van der Waals surface area contributed by atoms with Crippen molar-refractivity contribution in [2.75, 3.05) is 6.54 Å². The Hall–Kier alpha value is -0.810. The van der Waals surface area contributed by atoms with Crippen LogP contribution < -0.4 is 5.73 Å². The zero-order valence-electron chi connectivity index (χ0n) is 13.8. The van der Waals surface area contributed by atoms with Crippen molar-refractivity contribution in [2.45, 2.75) is 51.9 Å². The maximum absolute atomic E-state index is 12.2. The Kier molecular flexibility index (Phi) is 5.95. The first-order chi connectivity index (χ1) is 10.7. The van der Waals surface area contributed by atoms with Crippen LogP contribution in [0.3, 0.4) is 0 Å². The maximum atomic E-state index is 12.2. The lowest BCUT2D eigenvalue weighted by Gasteiger charge is -2.37. The van der Waals surface area contributed by atoms with Crippen LogP contribution in [0.25, 0.3) is 0 Å². The maximum Gasteiger partial charge on any atom is 0.309 e. The summed E-state index contributed by atoms with van der Waals surface area (Å²) in [5.74, 6) is -0.281. The van der Waals surface area contributed by atoms with E-state index in [0.29, 0.717) is 23.0 Å². The summed E-state index contributed by atoms with van der Waals surface area (Å²) in [6.07, 6.45) is 1.19. The second-order valence-electron chi connectivity index (χ2n) is 7.04. The van der Waals surface area contributed by atoms with Gasteiger partial charge in [0, 0.05) is 13.1 Å². The highest BCUT2D eigenvalue weighted by Crippen LogP contribution is 2.27. The van der Waals surface area contributed by atoms with E-state index in [1.165, 1.54) is 0 Å². The van der Waals surface area contributed by atoms with Gasteiger partial charge < -0.3 is 10.5 Å². The molecule has 0 aliphatic carbocycles. The lowest BCUT2D eigenvalue weighted by molar-refractivity contribution is -0.162. The van der Waals surface area contributed by atoms with Crippen LogP contribution in [0.15, 0.2) is 18.2 Å². The molecule has 1 fully saturated rings. The van der Waals surface area contributed by atoms with Gasteiger partial charge in [0.25, 0.3) is 0 Å². The van der Waals surface area contributed by atoms with Gasteiger partial charge >= 0.3 is 5.97 Å². The number of ether oxygens (including phenoxy) is 1. The van der Waals surface area contributed by atoms with Gasteiger partial charge in [0.2, 0.25) is 0 Å². The first kappa shape index (κ1) is 18.5. The summed E-state index contributed by atoms with van der Waals surface area (Å²) in [7, 11) is 0. The molecule has 0 aromatic heterocycles. The van der Waals surface area contributed by atoms with Crippen LogP contribution in [0.1, 0.15) is 39.2 Å². The molecular weight excluding hydrogens is 335 g/mol. The number of halogens is 2. The van der Waals surface area contributed by atoms with E-state index in [9.17, 15) is 4.79 Å².